The average Bonchev–Trinajstić information content (AvgIpc) is 2.59. The van der Waals surface area contributed by atoms with E-state index in [1.54, 1.807) is 0 Å². The second-order valence-corrected chi connectivity index (χ2v) is 7.66. The van der Waals surface area contributed by atoms with Crippen molar-refractivity contribution in [2.45, 2.75) is 12.3 Å². The molecule has 2 rings (SSSR count). The number of rotatable bonds is 7. The van der Waals surface area contributed by atoms with E-state index in [1.807, 2.05) is 0 Å². The van der Waals surface area contributed by atoms with Crippen molar-refractivity contribution in [1.82, 2.24) is 5.32 Å². The second-order valence-electron chi connectivity index (χ2n) is 5.65. The number of hydrogen-bond acceptors (Lipinski definition) is 4. The predicted octanol–water partition coefficient (Wildman–Crippen LogP) is 0.599. The van der Waals surface area contributed by atoms with Gasteiger partial charge in [0.1, 0.15) is 5.75 Å². The summed E-state index contributed by atoms with van der Waals surface area (Å²) in [6.07, 6.45) is -5.96. The molecule has 0 aliphatic heterocycles. The van der Waals surface area contributed by atoms with Gasteiger partial charge < -0.3 is 11.5 Å². The van der Waals surface area contributed by atoms with E-state index in [2.05, 4.69) is 5.32 Å². The van der Waals surface area contributed by atoms with E-state index in [1.165, 1.54) is 30.3 Å². The van der Waals surface area contributed by atoms with Crippen LogP contribution in [0.5, 0.6) is 5.75 Å². The van der Waals surface area contributed by atoms with Crippen LogP contribution in [0.2, 0.25) is 5.02 Å². The van der Waals surface area contributed by atoms with Crippen LogP contribution in [0.3, 0.4) is 0 Å². The Labute approximate surface area is 193 Å². The number of alkyl halides is 3. The number of benzene rings is 2. The maximum atomic E-state index is 12.9. The minimum Gasteiger partial charge on any atom is -1.00 e. The Bertz CT molecular complexity index is 945. The van der Waals surface area contributed by atoms with Gasteiger partial charge in [-0.1, -0.05) is 29.8 Å². The number of nitrogens with one attached hydrogen (secondary N) is 1. The third kappa shape index (κ3) is 8.53. The summed E-state index contributed by atoms with van der Waals surface area (Å²) >= 11 is 5.80. The minimum absolute atomic E-state index is 0. The Morgan fingerprint density at radius 3 is 2.38 bits per heavy atom. The molecule has 0 aromatic heterocycles. The first kappa shape index (κ1) is 25.7. The van der Waals surface area contributed by atoms with Gasteiger partial charge in [-0.2, -0.15) is 21.6 Å². The molecule has 0 saturated heterocycles. The van der Waals surface area contributed by atoms with Gasteiger partial charge in [0.15, 0.2) is 0 Å². The quantitative estimate of drug-likeness (QED) is 0.465. The van der Waals surface area contributed by atoms with Gasteiger partial charge in [0.2, 0.25) is 6.10 Å². The van der Waals surface area contributed by atoms with Crippen LogP contribution in [0.1, 0.15) is 18.7 Å². The maximum absolute atomic E-state index is 12.9. The molecule has 154 valence electrons. The van der Waals surface area contributed by atoms with Crippen molar-refractivity contribution in [2.24, 2.45) is 0 Å². The molecule has 0 spiro atoms. The number of carbonyl (C=O) groups is 1. The van der Waals surface area contributed by atoms with Crippen LogP contribution in [0.15, 0.2) is 48.5 Å². The van der Waals surface area contributed by atoms with Crippen LogP contribution >= 0.6 is 11.6 Å². The van der Waals surface area contributed by atoms with Crippen molar-refractivity contribution in [1.29, 1.82) is 0 Å². The van der Waals surface area contributed by atoms with E-state index >= 15 is 0 Å². The molecular weight excluding hydrogens is 446 g/mol. The molecule has 1 atom stereocenters. The van der Waals surface area contributed by atoms with Crippen molar-refractivity contribution in [3.63, 3.8) is 0 Å². The molecule has 2 aromatic rings. The summed E-state index contributed by atoms with van der Waals surface area (Å²) in [5, 5.41) is 2.63. The summed E-state index contributed by atoms with van der Waals surface area (Å²) < 4.78 is 74.3. The van der Waals surface area contributed by atoms with E-state index in [4.69, 9.17) is 20.9 Å². The Kier molecular flexibility index (Phi) is 9.45. The molecule has 12 heteroatoms. The first-order valence-corrected chi connectivity index (χ1v) is 9.77. The standard InChI is InChI=1S/C17H15ClF3NO5S.Na.H/c18-13-6-4-11(5-7-13)15(16(23)22-8-9-28(24,25)26)27-14-3-1-2-12(10-14)17(19,20)21;;/h1-7,10,15H,8-9H2,(H,22,23)(H,24,25,26);;/q;+1;-1. The van der Waals surface area contributed by atoms with E-state index in [9.17, 15) is 26.4 Å². The first-order chi connectivity index (χ1) is 13.0. The third-order valence-corrected chi connectivity index (χ3v) is 4.46. The van der Waals surface area contributed by atoms with Gasteiger partial charge in [0.05, 0.1) is 11.3 Å². The normalized spacial score (nSPS) is 12.6. The summed E-state index contributed by atoms with van der Waals surface area (Å²) in [6, 6.07) is 9.81. The maximum Gasteiger partial charge on any atom is 1.00 e. The molecule has 0 saturated carbocycles. The van der Waals surface area contributed by atoms with Crippen molar-refractivity contribution in [3.8, 4) is 5.75 Å². The number of ether oxygens (including phenoxy) is 1. The number of amides is 1. The molecule has 0 fully saturated rings. The number of carbonyl (C=O) groups excluding carboxylic acids is 1. The molecule has 2 N–H and O–H groups in total. The zero-order chi connectivity index (χ0) is 20.9. The topological polar surface area (TPSA) is 92.7 Å². The van der Waals surface area contributed by atoms with Crippen LogP contribution in [0.25, 0.3) is 0 Å². The smallest absolute Gasteiger partial charge is 1.00 e. The van der Waals surface area contributed by atoms with Crippen LogP contribution in [-0.2, 0) is 21.1 Å². The van der Waals surface area contributed by atoms with Gasteiger partial charge in [-0.15, -0.1) is 0 Å². The van der Waals surface area contributed by atoms with Crippen LogP contribution in [0, 0.1) is 0 Å². The number of hydrogen-bond donors (Lipinski definition) is 2. The number of halogens is 4. The van der Waals surface area contributed by atoms with Gasteiger partial charge in [-0.05, 0) is 30.3 Å². The SMILES string of the molecule is O=C(NCCS(=O)(=O)O)C(Oc1cccc(C(F)(F)F)c1)c1ccc(Cl)cc1.[H-].[Na+]. The molecule has 29 heavy (non-hydrogen) atoms. The van der Waals surface area contributed by atoms with E-state index in [0.29, 0.717) is 5.02 Å². The molecular formula is C17H16ClF3NNaO5S. The fraction of sp³-hybridized carbons (Fsp3) is 0.235. The predicted molar refractivity (Wildman–Crippen MR) is 96.8 cm³/mol. The van der Waals surface area contributed by atoms with Crippen LogP contribution in [-0.4, -0.2) is 31.2 Å². The molecule has 0 aliphatic rings. The minimum atomic E-state index is -4.59. The Morgan fingerprint density at radius 2 is 1.83 bits per heavy atom. The van der Waals surface area contributed by atoms with Gasteiger partial charge in [-0.25, -0.2) is 0 Å². The van der Waals surface area contributed by atoms with Gasteiger partial charge in [0, 0.05) is 17.1 Å². The summed E-state index contributed by atoms with van der Waals surface area (Å²) in [5.41, 5.74) is -0.669. The van der Waals surface area contributed by atoms with Crippen molar-refractivity contribution in [2.75, 3.05) is 12.3 Å². The summed E-state index contributed by atoms with van der Waals surface area (Å²) in [5.74, 6) is -1.74. The van der Waals surface area contributed by atoms with E-state index < -0.39 is 46.2 Å². The van der Waals surface area contributed by atoms with Gasteiger partial charge >= 0.3 is 35.7 Å². The largest absolute Gasteiger partial charge is 1.00 e. The van der Waals surface area contributed by atoms with E-state index in [-0.39, 0.29) is 42.3 Å². The van der Waals surface area contributed by atoms with Crippen LogP contribution < -0.4 is 39.6 Å². The molecule has 2 aromatic carbocycles. The first-order valence-electron chi connectivity index (χ1n) is 7.78. The monoisotopic (exact) mass is 461 g/mol. The van der Waals surface area contributed by atoms with Gasteiger partial charge in [0.25, 0.3) is 16.0 Å². The Hall–Kier alpha value is -1.30. The molecule has 6 nitrogen and oxygen atoms in total. The fourth-order valence-corrected chi connectivity index (χ4v) is 2.67. The molecule has 1 unspecified atom stereocenters. The Balaban J connectivity index is 0.00000420. The van der Waals surface area contributed by atoms with Crippen molar-refractivity contribution < 1.29 is 66.7 Å². The summed E-state index contributed by atoms with van der Waals surface area (Å²) in [6.45, 7) is -0.409. The molecule has 0 radical (unpaired) electrons. The average molecular weight is 462 g/mol. The van der Waals surface area contributed by atoms with Crippen LogP contribution in [0.4, 0.5) is 13.2 Å². The second kappa shape index (κ2) is 10.6. The van der Waals surface area contributed by atoms with Crippen molar-refractivity contribution >= 4 is 27.6 Å². The molecule has 0 heterocycles. The molecule has 1 amide bonds. The third-order valence-electron chi connectivity index (χ3n) is 3.49. The zero-order valence-corrected chi connectivity index (χ0v) is 18.7. The Morgan fingerprint density at radius 1 is 1.21 bits per heavy atom. The van der Waals surface area contributed by atoms with Crippen molar-refractivity contribution in [3.05, 3.63) is 64.7 Å². The summed E-state index contributed by atoms with van der Waals surface area (Å²) in [4.78, 5) is 12.4. The summed E-state index contributed by atoms with van der Waals surface area (Å²) in [7, 11) is -4.29. The fourth-order valence-electron chi connectivity index (χ4n) is 2.19. The van der Waals surface area contributed by atoms with Gasteiger partial charge in [-0.3, -0.25) is 9.35 Å². The van der Waals surface area contributed by atoms with E-state index in [0.717, 1.165) is 18.2 Å². The molecule has 0 aliphatic carbocycles. The molecule has 0 bridgehead atoms. The zero-order valence-electron chi connectivity index (χ0n) is 16.1.